The Morgan fingerprint density at radius 1 is 1.52 bits per heavy atom. The maximum absolute atomic E-state index is 13.5. The average Bonchev–Trinajstić information content (AvgIpc) is 3.14. The number of carbonyl (C=O) groups is 1. The second-order valence-corrected chi connectivity index (χ2v) is 8.11. The summed E-state index contributed by atoms with van der Waals surface area (Å²) in [5, 5.41) is 15.3. The molecule has 1 unspecified atom stereocenters. The summed E-state index contributed by atoms with van der Waals surface area (Å²) in [6.07, 6.45) is 1.56. The molecule has 0 aliphatic carbocycles. The third-order valence-corrected chi connectivity index (χ3v) is 5.82. The molecule has 0 bridgehead atoms. The van der Waals surface area contributed by atoms with Gasteiger partial charge in [-0.05, 0) is 30.5 Å². The van der Waals surface area contributed by atoms with Crippen LogP contribution in [0.5, 0.6) is 0 Å². The van der Waals surface area contributed by atoms with Crippen LogP contribution in [0.2, 0.25) is 0 Å². The van der Waals surface area contributed by atoms with E-state index in [1.807, 2.05) is 0 Å². The van der Waals surface area contributed by atoms with Crippen LogP contribution in [0.4, 0.5) is 15.8 Å². The first-order chi connectivity index (χ1) is 13.8. The van der Waals surface area contributed by atoms with Gasteiger partial charge in [0.05, 0.1) is 15.6 Å². The molecular weight excluding hydrogens is 419 g/mol. The highest BCUT2D eigenvalue weighted by Gasteiger charge is 2.21. The molecule has 8 nitrogen and oxygen atoms in total. The van der Waals surface area contributed by atoms with E-state index in [9.17, 15) is 24.1 Å². The molecule has 3 rings (SSSR count). The average molecular weight is 434 g/mol. The highest BCUT2D eigenvalue weighted by molar-refractivity contribution is 8.00. The summed E-state index contributed by atoms with van der Waals surface area (Å²) < 4.78 is 14.9. The Balaban J connectivity index is 1.84. The van der Waals surface area contributed by atoms with Crippen molar-refractivity contribution in [3.8, 4) is 0 Å². The number of halogens is 1. The maximum atomic E-state index is 13.5. The van der Waals surface area contributed by atoms with E-state index in [0.717, 1.165) is 23.9 Å². The number of aromatic nitrogens is 2. The number of amides is 1. The molecule has 0 aliphatic heterocycles. The Kier molecular flexibility index (Phi) is 6.09. The lowest BCUT2D eigenvalue weighted by Crippen LogP contribution is -2.26. The Morgan fingerprint density at radius 3 is 2.97 bits per heavy atom. The normalized spacial score (nSPS) is 11.9. The molecule has 1 aromatic carbocycles. The van der Waals surface area contributed by atoms with Gasteiger partial charge in [-0.15, -0.1) is 17.9 Å². The Bertz CT molecular complexity index is 1170. The van der Waals surface area contributed by atoms with Crippen LogP contribution in [-0.2, 0) is 11.3 Å². The third-order valence-electron chi connectivity index (χ3n) is 3.92. The highest BCUT2D eigenvalue weighted by Crippen LogP contribution is 2.26. The molecule has 2 aromatic heterocycles. The van der Waals surface area contributed by atoms with Crippen molar-refractivity contribution in [2.75, 3.05) is 5.32 Å². The Labute approximate surface area is 172 Å². The van der Waals surface area contributed by atoms with Crippen LogP contribution >= 0.6 is 23.1 Å². The second-order valence-electron chi connectivity index (χ2n) is 5.91. The number of allylic oxidation sites excluding steroid dienone is 1. The van der Waals surface area contributed by atoms with Crippen molar-refractivity contribution in [3.63, 3.8) is 0 Å². The van der Waals surface area contributed by atoms with E-state index in [1.54, 1.807) is 24.4 Å². The molecule has 150 valence electrons. The summed E-state index contributed by atoms with van der Waals surface area (Å²) in [6.45, 7) is 5.49. The van der Waals surface area contributed by atoms with E-state index in [0.29, 0.717) is 15.4 Å². The molecule has 1 N–H and O–H groups in total. The van der Waals surface area contributed by atoms with E-state index >= 15 is 0 Å². The molecule has 1 atom stereocenters. The number of hydrogen-bond donors (Lipinski definition) is 1. The number of hydrogen-bond acceptors (Lipinski definition) is 7. The summed E-state index contributed by atoms with van der Waals surface area (Å²) in [7, 11) is 0. The van der Waals surface area contributed by atoms with E-state index < -0.39 is 27.6 Å². The van der Waals surface area contributed by atoms with Crippen LogP contribution < -0.4 is 10.9 Å². The minimum Gasteiger partial charge on any atom is -0.325 e. The molecule has 11 heteroatoms. The first kappa shape index (κ1) is 20.7. The van der Waals surface area contributed by atoms with Crippen LogP contribution in [0, 0.1) is 15.9 Å². The van der Waals surface area contributed by atoms with Gasteiger partial charge in [-0.2, -0.15) is 4.39 Å². The van der Waals surface area contributed by atoms with Crippen molar-refractivity contribution in [3.05, 3.63) is 68.6 Å². The smallest absolute Gasteiger partial charge is 0.306 e. The fourth-order valence-corrected chi connectivity index (χ4v) is 4.22. The summed E-state index contributed by atoms with van der Waals surface area (Å²) in [5.74, 6) is -1.46. The van der Waals surface area contributed by atoms with E-state index in [2.05, 4.69) is 16.9 Å². The molecule has 0 saturated heterocycles. The lowest BCUT2D eigenvalue weighted by molar-refractivity contribution is -0.387. The van der Waals surface area contributed by atoms with Crippen molar-refractivity contribution >= 4 is 50.6 Å². The molecule has 0 fully saturated rings. The third kappa shape index (κ3) is 4.35. The largest absolute Gasteiger partial charge is 0.325 e. The zero-order valence-corrected chi connectivity index (χ0v) is 16.8. The van der Waals surface area contributed by atoms with Gasteiger partial charge < -0.3 is 5.32 Å². The number of nitrogens with zero attached hydrogens (tertiary/aromatic N) is 3. The fraction of sp³-hybridized carbons (Fsp3) is 0.167. The van der Waals surface area contributed by atoms with Crippen molar-refractivity contribution in [1.82, 2.24) is 9.55 Å². The van der Waals surface area contributed by atoms with Gasteiger partial charge in [-0.3, -0.25) is 24.3 Å². The number of rotatable bonds is 7. The van der Waals surface area contributed by atoms with Gasteiger partial charge in [0, 0.05) is 18.3 Å². The van der Waals surface area contributed by atoms with Crippen LogP contribution in [0.3, 0.4) is 0 Å². The number of benzene rings is 1. The molecule has 1 amide bonds. The molecule has 3 aromatic rings. The number of nitrogens with one attached hydrogen (secondary N) is 1. The topological polar surface area (TPSA) is 107 Å². The zero-order chi connectivity index (χ0) is 21.1. The molecule has 29 heavy (non-hydrogen) atoms. The number of thioether (sulfide) groups is 1. The minimum atomic E-state index is -0.989. The molecule has 0 saturated carbocycles. The number of fused-ring (bicyclic) bond motifs is 1. The predicted octanol–water partition coefficient (Wildman–Crippen LogP) is 3.81. The number of carbonyl (C=O) groups excluding carboxylic acids is 1. The van der Waals surface area contributed by atoms with Gasteiger partial charge >= 0.3 is 5.69 Å². The predicted molar refractivity (Wildman–Crippen MR) is 111 cm³/mol. The number of thiophene rings is 1. The second kappa shape index (κ2) is 8.53. The summed E-state index contributed by atoms with van der Waals surface area (Å²) >= 11 is 2.40. The van der Waals surface area contributed by atoms with E-state index in [1.165, 1.54) is 22.0 Å². The van der Waals surface area contributed by atoms with E-state index in [4.69, 9.17) is 0 Å². The van der Waals surface area contributed by atoms with Crippen molar-refractivity contribution in [1.29, 1.82) is 0 Å². The lowest BCUT2D eigenvalue weighted by Gasteiger charge is -2.15. The van der Waals surface area contributed by atoms with Gasteiger partial charge in [0.25, 0.3) is 5.56 Å². The monoisotopic (exact) mass is 434 g/mol. The molecule has 2 heterocycles. The quantitative estimate of drug-likeness (QED) is 0.199. The first-order valence-electron chi connectivity index (χ1n) is 8.32. The Hall–Kier alpha value is -3.05. The van der Waals surface area contributed by atoms with Gasteiger partial charge in [0.2, 0.25) is 11.7 Å². The molecule has 0 spiro atoms. The number of nitro groups is 1. The minimum absolute atomic E-state index is 0.0979. The van der Waals surface area contributed by atoms with Crippen LogP contribution in [-0.4, -0.2) is 25.6 Å². The summed E-state index contributed by atoms with van der Waals surface area (Å²) in [5.41, 5.74) is -0.853. The molecule has 0 radical (unpaired) electrons. The maximum Gasteiger partial charge on any atom is 0.306 e. The summed E-state index contributed by atoms with van der Waals surface area (Å²) in [4.78, 5) is 40.2. The van der Waals surface area contributed by atoms with Gasteiger partial charge in [0.1, 0.15) is 4.83 Å². The SMILES string of the molecule is C=CCn1c(SC(C)C(=O)Nc2ccc(F)c([N+](=O)[O-])c2)nc2sccc2c1=O. The fourth-order valence-electron chi connectivity index (χ4n) is 2.50. The van der Waals surface area contributed by atoms with Crippen LogP contribution in [0.25, 0.3) is 10.2 Å². The first-order valence-corrected chi connectivity index (χ1v) is 10.1. The highest BCUT2D eigenvalue weighted by atomic mass is 32.2. The van der Waals surface area contributed by atoms with Gasteiger partial charge in [-0.25, -0.2) is 4.98 Å². The van der Waals surface area contributed by atoms with E-state index in [-0.39, 0.29) is 17.8 Å². The van der Waals surface area contributed by atoms with Crippen LogP contribution in [0.15, 0.2) is 52.3 Å². The summed E-state index contributed by atoms with van der Waals surface area (Å²) in [6, 6.07) is 4.80. The molecular formula is C18H15FN4O4S2. The standard InChI is InChI=1S/C18H15FN4O4S2/c1-3-7-22-17(25)12-6-8-28-16(12)21-18(22)29-10(2)15(24)20-11-4-5-13(19)14(9-11)23(26)27/h3-6,8-10H,1,7H2,2H3,(H,20,24). The Morgan fingerprint density at radius 2 is 2.28 bits per heavy atom. The zero-order valence-electron chi connectivity index (χ0n) is 15.1. The van der Waals surface area contributed by atoms with Gasteiger partial charge in [-0.1, -0.05) is 17.8 Å². The number of anilines is 1. The lowest BCUT2D eigenvalue weighted by atomic mass is 10.2. The van der Waals surface area contributed by atoms with Crippen LogP contribution in [0.1, 0.15) is 6.92 Å². The van der Waals surface area contributed by atoms with Gasteiger partial charge in [0.15, 0.2) is 5.16 Å². The number of nitro benzene ring substituents is 1. The van der Waals surface area contributed by atoms with Crippen molar-refractivity contribution in [2.45, 2.75) is 23.9 Å². The van der Waals surface area contributed by atoms with Crippen molar-refractivity contribution < 1.29 is 14.1 Å². The molecule has 0 aliphatic rings. The van der Waals surface area contributed by atoms with Crippen molar-refractivity contribution in [2.24, 2.45) is 0 Å².